The molecule has 0 radical (unpaired) electrons. The molecule has 1 aromatic rings. The summed E-state index contributed by atoms with van der Waals surface area (Å²) < 4.78 is 0. The Hall–Kier alpha value is -2.94. The van der Waals surface area contributed by atoms with Crippen LogP contribution in [0.4, 0.5) is 5.69 Å². The van der Waals surface area contributed by atoms with Gasteiger partial charge in [-0.15, -0.1) is 0 Å². The summed E-state index contributed by atoms with van der Waals surface area (Å²) >= 11 is 0. The molecule has 42 heavy (non-hydrogen) atoms. The zero-order chi connectivity index (χ0) is 29.9. The highest BCUT2D eigenvalue weighted by atomic mass is 16.4. The lowest BCUT2D eigenvalue weighted by Crippen LogP contribution is -2.79. The quantitative estimate of drug-likeness (QED) is 0.421. The Morgan fingerprint density at radius 2 is 1.60 bits per heavy atom. The van der Waals surface area contributed by atoms with Gasteiger partial charge in [-0.25, -0.2) is 4.79 Å². The Balaban J connectivity index is 0.936. The molecule has 1 atom stereocenters. The maximum atomic E-state index is 13.0. The lowest BCUT2D eigenvalue weighted by molar-refractivity contribution is -0.223. The highest BCUT2D eigenvalue weighted by Crippen LogP contribution is 2.70. The molecule has 3 amide bonds. The first-order valence-corrected chi connectivity index (χ1v) is 15.9. The lowest BCUT2D eigenvalue weighted by Gasteiger charge is -2.73. The molecule has 0 aromatic heterocycles. The van der Waals surface area contributed by atoms with Crippen molar-refractivity contribution >= 4 is 29.4 Å². The third-order valence-corrected chi connectivity index (χ3v) is 11.0. The monoisotopic (exact) mass is 578 g/mol. The standard InChI is InChI=1S/C33H46N4O5/c1-31(2,3)25-17-23(4-5-24(25)29(40)41)36-12-8-21(9-13-36)16-22-10-14-37(15-11-22)33-18-32(19-33,20-33)30(42)34-26-6-7-27(38)35-28(26)39/h4-5,17,21-22,26H,6-16,18-20H2,1-3H3,(H,34,42)(H,40,41)(H,35,38,39). The summed E-state index contributed by atoms with van der Waals surface area (Å²) in [6.45, 7) is 10.5. The van der Waals surface area contributed by atoms with E-state index in [1.54, 1.807) is 6.07 Å². The van der Waals surface area contributed by atoms with Crippen LogP contribution in [0.3, 0.4) is 0 Å². The van der Waals surface area contributed by atoms with Gasteiger partial charge in [0.05, 0.1) is 11.0 Å². The average Bonchev–Trinajstić information content (AvgIpc) is 2.89. The molecule has 3 saturated heterocycles. The van der Waals surface area contributed by atoms with Crippen molar-refractivity contribution < 1.29 is 24.3 Å². The van der Waals surface area contributed by atoms with Crippen LogP contribution in [0.25, 0.3) is 0 Å². The molecule has 228 valence electrons. The van der Waals surface area contributed by atoms with Crippen LogP contribution in [0.5, 0.6) is 0 Å². The molecule has 3 aliphatic heterocycles. The van der Waals surface area contributed by atoms with Crippen LogP contribution in [0.1, 0.15) is 101 Å². The largest absolute Gasteiger partial charge is 0.478 e. The highest BCUT2D eigenvalue weighted by molar-refractivity contribution is 6.02. The third kappa shape index (κ3) is 5.33. The second-order valence-electron chi connectivity index (χ2n) is 14.9. The van der Waals surface area contributed by atoms with Gasteiger partial charge in [-0.3, -0.25) is 24.6 Å². The van der Waals surface area contributed by atoms with E-state index in [-0.39, 0.29) is 40.5 Å². The van der Waals surface area contributed by atoms with E-state index >= 15 is 0 Å². The lowest BCUT2D eigenvalue weighted by atomic mass is 9.38. The normalized spacial score (nSPS) is 30.7. The van der Waals surface area contributed by atoms with Gasteiger partial charge < -0.3 is 15.3 Å². The maximum Gasteiger partial charge on any atom is 0.335 e. The first-order chi connectivity index (χ1) is 19.9. The number of carbonyl (C=O) groups excluding carboxylic acids is 3. The zero-order valence-corrected chi connectivity index (χ0v) is 25.3. The number of rotatable bonds is 7. The fraction of sp³-hybridized carbons (Fsp3) is 0.697. The van der Waals surface area contributed by atoms with Crippen LogP contribution in [0, 0.1) is 17.3 Å². The van der Waals surface area contributed by atoms with E-state index in [1.807, 2.05) is 6.07 Å². The van der Waals surface area contributed by atoms with Crippen LogP contribution in [0.2, 0.25) is 0 Å². The topological polar surface area (TPSA) is 119 Å². The second-order valence-corrected chi connectivity index (χ2v) is 14.9. The molecule has 0 spiro atoms. The number of anilines is 1. The van der Waals surface area contributed by atoms with E-state index in [9.17, 15) is 24.3 Å². The summed E-state index contributed by atoms with van der Waals surface area (Å²) in [5, 5.41) is 14.9. The SMILES string of the molecule is CC(C)(C)c1cc(N2CCC(CC3CCN(C45CC(C(=O)NC6CCC(=O)NC6=O)(C4)C5)CC3)CC2)ccc1C(=O)O. The zero-order valence-electron chi connectivity index (χ0n) is 25.3. The van der Waals surface area contributed by atoms with Crippen molar-refractivity contribution in [1.82, 2.24) is 15.5 Å². The molecule has 9 heteroatoms. The molecule has 3 N–H and O–H groups in total. The molecular formula is C33H46N4O5. The van der Waals surface area contributed by atoms with Gasteiger partial charge >= 0.3 is 5.97 Å². The van der Waals surface area contributed by atoms with Crippen molar-refractivity contribution in [3.05, 3.63) is 29.3 Å². The van der Waals surface area contributed by atoms with Gasteiger partial charge in [0.1, 0.15) is 6.04 Å². The van der Waals surface area contributed by atoms with Crippen molar-refractivity contribution in [2.75, 3.05) is 31.1 Å². The summed E-state index contributed by atoms with van der Waals surface area (Å²) in [7, 11) is 0. The molecular weight excluding hydrogens is 532 g/mol. The van der Waals surface area contributed by atoms with Gasteiger partial charge in [0.2, 0.25) is 17.7 Å². The molecule has 1 aromatic carbocycles. The Morgan fingerprint density at radius 1 is 0.976 bits per heavy atom. The van der Waals surface area contributed by atoms with Crippen LogP contribution in [-0.2, 0) is 19.8 Å². The van der Waals surface area contributed by atoms with Crippen LogP contribution < -0.4 is 15.5 Å². The smallest absolute Gasteiger partial charge is 0.335 e. The van der Waals surface area contributed by atoms with Gasteiger partial charge in [-0.05, 0) is 112 Å². The number of nitrogens with one attached hydrogen (secondary N) is 2. The molecule has 3 saturated carbocycles. The second kappa shape index (κ2) is 10.6. The summed E-state index contributed by atoms with van der Waals surface area (Å²) in [6.07, 6.45) is 9.46. The van der Waals surface area contributed by atoms with Crippen LogP contribution in [0.15, 0.2) is 18.2 Å². The van der Waals surface area contributed by atoms with Crippen molar-refractivity contribution in [3.63, 3.8) is 0 Å². The minimum atomic E-state index is -0.861. The third-order valence-electron chi connectivity index (χ3n) is 11.0. The van der Waals surface area contributed by atoms with Gasteiger partial charge in [0.15, 0.2) is 0 Å². The van der Waals surface area contributed by atoms with Gasteiger partial charge in [-0.1, -0.05) is 20.8 Å². The van der Waals surface area contributed by atoms with E-state index < -0.39 is 12.0 Å². The Morgan fingerprint density at radius 3 is 2.17 bits per heavy atom. The number of nitrogens with zero attached hydrogens (tertiary/aromatic N) is 2. The van der Waals surface area contributed by atoms with E-state index in [0.29, 0.717) is 12.0 Å². The molecule has 3 heterocycles. The number of benzene rings is 1. The number of imide groups is 1. The number of hydrogen-bond acceptors (Lipinski definition) is 6. The number of carbonyl (C=O) groups is 4. The van der Waals surface area contributed by atoms with E-state index in [1.165, 1.54) is 32.1 Å². The van der Waals surface area contributed by atoms with Crippen molar-refractivity contribution in [3.8, 4) is 0 Å². The molecule has 9 nitrogen and oxygen atoms in total. The van der Waals surface area contributed by atoms with Crippen LogP contribution in [-0.4, -0.2) is 71.5 Å². The number of likely N-dealkylation sites (tertiary alicyclic amines) is 1. The first-order valence-electron chi connectivity index (χ1n) is 15.9. The first kappa shape index (κ1) is 29.1. The highest BCUT2D eigenvalue weighted by Gasteiger charge is 2.73. The number of piperidine rings is 3. The Bertz CT molecular complexity index is 1250. The molecule has 7 rings (SSSR count). The number of carboxylic acid groups (broad SMARTS) is 1. The maximum absolute atomic E-state index is 13.0. The Labute approximate surface area is 248 Å². The van der Waals surface area contributed by atoms with E-state index in [4.69, 9.17) is 0 Å². The number of amides is 3. The fourth-order valence-electron chi connectivity index (χ4n) is 8.53. The Kier molecular flexibility index (Phi) is 7.39. The van der Waals surface area contributed by atoms with Gasteiger partial charge in [-0.2, -0.15) is 0 Å². The molecule has 6 fully saturated rings. The number of carboxylic acids is 1. The molecule has 6 aliphatic rings. The summed E-state index contributed by atoms with van der Waals surface area (Å²) in [5.74, 6) is -0.00155. The average molecular weight is 579 g/mol. The molecule has 1 unspecified atom stereocenters. The predicted molar refractivity (Wildman–Crippen MR) is 159 cm³/mol. The van der Waals surface area contributed by atoms with Crippen molar-refractivity contribution in [2.45, 2.75) is 102 Å². The van der Waals surface area contributed by atoms with Gasteiger partial charge in [0, 0.05) is 30.7 Å². The molecule has 3 aliphatic carbocycles. The van der Waals surface area contributed by atoms with E-state index in [0.717, 1.165) is 68.5 Å². The summed E-state index contributed by atoms with van der Waals surface area (Å²) in [5.41, 5.74) is 2.08. The summed E-state index contributed by atoms with van der Waals surface area (Å²) in [4.78, 5) is 53.2. The number of aromatic carboxylic acids is 1. The minimum Gasteiger partial charge on any atom is -0.478 e. The number of hydrogen-bond donors (Lipinski definition) is 3. The fourth-order valence-corrected chi connectivity index (χ4v) is 8.53. The van der Waals surface area contributed by atoms with E-state index in [2.05, 4.69) is 47.3 Å². The van der Waals surface area contributed by atoms with Crippen molar-refractivity contribution in [1.29, 1.82) is 0 Å². The minimum absolute atomic E-state index is 0.00689. The summed E-state index contributed by atoms with van der Waals surface area (Å²) in [6, 6.07) is 5.26. The molecule has 2 bridgehead atoms. The van der Waals surface area contributed by atoms with Crippen LogP contribution >= 0.6 is 0 Å². The van der Waals surface area contributed by atoms with Crippen molar-refractivity contribution in [2.24, 2.45) is 17.3 Å². The predicted octanol–water partition coefficient (Wildman–Crippen LogP) is 3.84. The van der Waals surface area contributed by atoms with Gasteiger partial charge in [0.25, 0.3) is 0 Å².